The summed E-state index contributed by atoms with van der Waals surface area (Å²) in [5, 5.41) is 11.6. The molecular formula is C20H15N3O5S. The minimum absolute atomic E-state index is 0.144. The smallest absolute Gasteiger partial charge is 0.270 e. The predicted octanol–water partition coefficient (Wildman–Crippen LogP) is 4.65. The van der Waals surface area contributed by atoms with Crippen molar-refractivity contribution < 1.29 is 18.9 Å². The molecule has 0 N–H and O–H groups in total. The Kier molecular flexibility index (Phi) is 4.96. The van der Waals surface area contributed by atoms with Crippen LogP contribution in [0, 0.1) is 10.1 Å². The lowest BCUT2D eigenvalue weighted by Crippen LogP contribution is -2.30. The van der Waals surface area contributed by atoms with Gasteiger partial charge >= 0.3 is 0 Å². The van der Waals surface area contributed by atoms with Crippen LogP contribution in [0.3, 0.4) is 0 Å². The highest BCUT2D eigenvalue weighted by atomic mass is 32.1. The molecule has 9 heteroatoms. The minimum Gasteiger partial charge on any atom is -0.497 e. The summed E-state index contributed by atoms with van der Waals surface area (Å²) in [6, 6.07) is 14.6. The number of hydrogen-bond acceptors (Lipinski definition) is 7. The number of carbonyl (C=O) groups excluding carboxylic acids is 1. The van der Waals surface area contributed by atoms with Crippen molar-refractivity contribution in [3.8, 4) is 5.75 Å². The van der Waals surface area contributed by atoms with Crippen molar-refractivity contribution in [1.29, 1.82) is 0 Å². The summed E-state index contributed by atoms with van der Waals surface area (Å²) in [7, 11) is 1.57. The number of hydrogen-bond donors (Lipinski definition) is 0. The second-order valence-corrected chi connectivity index (χ2v) is 7.12. The van der Waals surface area contributed by atoms with Crippen molar-refractivity contribution in [2.24, 2.45) is 0 Å². The zero-order valence-electron chi connectivity index (χ0n) is 15.3. The van der Waals surface area contributed by atoms with Crippen LogP contribution in [0.2, 0.25) is 0 Å². The molecule has 2 aromatic heterocycles. The molecule has 146 valence electrons. The second-order valence-electron chi connectivity index (χ2n) is 6.11. The number of anilines is 1. The Balaban J connectivity index is 1.76. The average Bonchev–Trinajstić information content (AvgIpc) is 3.40. The highest BCUT2D eigenvalue weighted by Crippen LogP contribution is 2.33. The quantitative estimate of drug-likeness (QED) is 0.339. The number of thiazole rings is 1. The lowest BCUT2D eigenvalue weighted by molar-refractivity contribution is -0.384. The number of rotatable bonds is 6. The fourth-order valence-corrected chi connectivity index (χ4v) is 3.77. The number of benzene rings is 2. The second kappa shape index (κ2) is 7.72. The number of amides is 1. The van der Waals surface area contributed by atoms with Gasteiger partial charge in [0.05, 0.1) is 35.1 Å². The van der Waals surface area contributed by atoms with E-state index in [-0.39, 0.29) is 17.8 Å². The number of aromatic nitrogens is 1. The van der Waals surface area contributed by atoms with Gasteiger partial charge in [0.15, 0.2) is 5.13 Å². The first kappa shape index (κ1) is 18.6. The maximum Gasteiger partial charge on any atom is 0.270 e. The zero-order valence-corrected chi connectivity index (χ0v) is 16.1. The van der Waals surface area contributed by atoms with E-state index in [0.717, 1.165) is 4.70 Å². The van der Waals surface area contributed by atoms with E-state index in [2.05, 4.69) is 4.98 Å². The number of nitrogens with zero attached hydrogens (tertiary/aromatic N) is 3. The van der Waals surface area contributed by atoms with E-state index in [4.69, 9.17) is 9.15 Å². The van der Waals surface area contributed by atoms with Crippen LogP contribution in [0.15, 0.2) is 65.3 Å². The normalized spacial score (nSPS) is 10.8. The van der Waals surface area contributed by atoms with Crippen molar-refractivity contribution in [3.05, 3.63) is 82.3 Å². The first-order valence-corrected chi connectivity index (χ1v) is 9.40. The number of carbonyl (C=O) groups is 1. The highest BCUT2D eigenvalue weighted by molar-refractivity contribution is 7.22. The molecule has 0 aliphatic rings. The number of non-ortho nitro benzene ring substituents is 1. The largest absolute Gasteiger partial charge is 0.497 e. The molecule has 0 unspecified atom stereocenters. The first-order valence-electron chi connectivity index (χ1n) is 8.58. The van der Waals surface area contributed by atoms with Crippen LogP contribution in [0.5, 0.6) is 5.75 Å². The van der Waals surface area contributed by atoms with E-state index in [9.17, 15) is 14.9 Å². The number of fused-ring (bicyclic) bond motifs is 1. The van der Waals surface area contributed by atoms with Gasteiger partial charge in [-0.25, -0.2) is 4.98 Å². The summed E-state index contributed by atoms with van der Waals surface area (Å²) >= 11 is 1.34. The van der Waals surface area contributed by atoms with Crippen LogP contribution < -0.4 is 9.64 Å². The minimum atomic E-state index is -0.530. The van der Waals surface area contributed by atoms with Crippen LogP contribution in [-0.2, 0) is 6.54 Å². The molecule has 0 saturated carbocycles. The van der Waals surface area contributed by atoms with Crippen LogP contribution in [-0.4, -0.2) is 22.9 Å². The van der Waals surface area contributed by atoms with E-state index in [0.29, 0.717) is 22.2 Å². The molecule has 29 heavy (non-hydrogen) atoms. The Labute approximate surface area is 169 Å². The maximum atomic E-state index is 13.2. The van der Waals surface area contributed by atoms with E-state index in [1.807, 2.05) is 12.1 Å². The molecule has 0 radical (unpaired) electrons. The van der Waals surface area contributed by atoms with Gasteiger partial charge in [-0.3, -0.25) is 19.8 Å². The maximum absolute atomic E-state index is 13.2. The predicted molar refractivity (Wildman–Crippen MR) is 108 cm³/mol. The number of methoxy groups -OCH3 is 1. The molecule has 0 spiro atoms. The number of nitro benzene ring substituents is 1. The Hall–Kier alpha value is -3.72. The summed E-state index contributed by atoms with van der Waals surface area (Å²) in [5.41, 5.74) is 0.742. The topological polar surface area (TPSA) is 98.7 Å². The van der Waals surface area contributed by atoms with Gasteiger partial charge in [0.25, 0.3) is 11.6 Å². The summed E-state index contributed by atoms with van der Waals surface area (Å²) in [6.45, 7) is 0.144. The molecule has 0 atom stereocenters. The Morgan fingerprint density at radius 1 is 1.24 bits per heavy atom. The van der Waals surface area contributed by atoms with Crippen molar-refractivity contribution in [3.63, 3.8) is 0 Å². The molecule has 0 bridgehead atoms. The third-order valence-corrected chi connectivity index (χ3v) is 5.32. The molecule has 4 rings (SSSR count). The Bertz CT molecular complexity index is 1190. The summed E-state index contributed by atoms with van der Waals surface area (Å²) in [4.78, 5) is 29.8. The van der Waals surface area contributed by atoms with Gasteiger partial charge in [-0.15, -0.1) is 0 Å². The molecule has 4 aromatic rings. The molecule has 1 amide bonds. The molecule has 0 aliphatic heterocycles. The third kappa shape index (κ3) is 3.81. The summed E-state index contributed by atoms with van der Waals surface area (Å²) in [5.74, 6) is 0.827. The van der Waals surface area contributed by atoms with Gasteiger partial charge in [0.2, 0.25) is 0 Å². The lowest BCUT2D eigenvalue weighted by Gasteiger charge is -2.18. The molecule has 0 fully saturated rings. The van der Waals surface area contributed by atoms with Gasteiger partial charge < -0.3 is 9.15 Å². The van der Waals surface area contributed by atoms with Crippen molar-refractivity contribution in [2.75, 3.05) is 12.0 Å². The summed E-state index contributed by atoms with van der Waals surface area (Å²) in [6.07, 6.45) is 1.52. The Morgan fingerprint density at radius 2 is 2.10 bits per heavy atom. The first-order chi connectivity index (χ1) is 14.0. The molecule has 0 aliphatic carbocycles. The van der Waals surface area contributed by atoms with Crippen LogP contribution in [0.25, 0.3) is 10.2 Å². The number of ether oxygens (including phenoxy) is 1. The fourth-order valence-electron chi connectivity index (χ4n) is 2.83. The van der Waals surface area contributed by atoms with E-state index in [1.54, 1.807) is 31.4 Å². The van der Waals surface area contributed by atoms with Gasteiger partial charge in [0, 0.05) is 23.8 Å². The van der Waals surface area contributed by atoms with Crippen molar-refractivity contribution in [2.45, 2.75) is 6.54 Å². The van der Waals surface area contributed by atoms with Gasteiger partial charge in [-0.2, -0.15) is 0 Å². The summed E-state index contributed by atoms with van der Waals surface area (Å²) < 4.78 is 11.5. The van der Waals surface area contributed by atoms with Crippen molar-refractivity contribution in [1.82, 2.24) is 4.98 Å². The van der Waals surface area contributed by atoms with E-state index < -0.39 is 10.8 Å². The monoisotopic (exact) mass is 409 g/mol. The molecule has 0 saturated heterocycles. The molecule has 2 heterocycles. The third-order valence-electron chi connectivity index (χ3n) is 4.26. The highest BCUT2D eigenvalue weighted by Gasteiger charge is 2.24. The SMILES string of the molecule is COc1ccc2sc(N(Cc3ccco3)C(=O)c3cccc([N+](=O)[O-])c3)nc2c1. The molecule has 8 nitrogen and oxygen atoms in total. The van der Waals surface area contributed by atoms with E-state index in [1.165, 1.54) is 40.7 Å². The van der Waals surface area contributed by atoms with E-state index >= 15 is 0 Å². The Morgan fingerprint density at radius 3 is 2.83 bits per heavy atom. The van der Waals surface area contributed by atoms with Crippen LogP contribution in [0.1, 0.15) is 16.1 Å². The van der Waals surface area contributed by atoms with Crippen molar-refractivity contribution >= 4 is 38.3 Å². The number of nitro groups is 1. The van der Waals surface area contributed by atoms with Crippen LogP contribution >= 0.6 is 11.3 Å². The van der Waals surface area contributed by atoms with Crippen LogP contribution in [0.4, 0.5) is 10.8 Å². The zero-order chi connectivity index (χ0) is 20.4. The molecule has 2 aromatic carbocycles. The number of furan rings is 1. The lowest BCUT2D eigenvalue weighted by atomic mass is 10.2. The van der Waals surface area contributed by atoms with Gasteiger partial charge in [0.1, 0.15) is 11.5 Å². The van der Waals surface area contributed by atoms with Gasteiger partial charge in [-0.05, 0) is 30.3 Å². The standard InChI is InChI=1S/C20H15N3O5S/c1-27-15-7-8-18-17(11-15)21-20(29-18)22(12-16-6-3-9-28-16)19(24)13-4-2-5-14(10-13)23(25)26/h2-11H,12H2,1H3. The fraction of sp³-hybridized carbons (Fsp3) is 0.100. The average molecular weight is 409 g/mol. The molecular weight excluding hydrogens is 394 g/mol. The van der Waals surface area contributed by atoms with Gasteiger partial charge in [-0.1, -0.05) is 17.4 Å².